The van der Waals surface area contributed by atoms with Gasteiger partial charge in [-0.3, -0.25) is 9.69 Å². The molecule has 3 rings (SSSR count). The maximum Gasteiger partial charge on any atom is 0.227 e. The van der Waals surface area contributed by atoms with E-state index < -0.39 is 0 Å². The second kappa shape index (κ2) is 7.96. The summed E-state index contributed by atoms with van der Waals surface area (Å²) in [7, 11) is 2.00. The van der Waals surface area contributed by atoms with Gasteiger partial charge in [-0.2, -0.15) is 0 Å². The summed E-state index contributed by atoms with van der Waals surface area (Å²) in [5.41, 5.74) is 1.37. The standard InChI is InChI=1S/C20H30N2O/c1-21-14-7-2-3-8-15-22(16-17-10-5-4-6-11-17)19-13-9-12-18(19)20(21)23/h4-6,10-11,18-19H,2-3,7-9,12-16H2,1H3. The maximum absolute atomic E-state index is 12.9. The highest BCUT2D eigenvalue weighted by molar-refractivity contribution is 5.79. The summed E-state index contributed by atoms with van der Waals surface area (Å²) in [5, 5.41) is 0. The van der Waals surface area contributed by atoms with Crippen molar-refractivity contribution in [3.05, 3.63) is 35.9 Å². The van der Waals surface area contributed by atoms with Crippen LogP contribution < -0.4 is 0 Å². The highest BCUT2D eigenvalue weighted by atomic mass is 16.2. The Bertz CT molecular complexity index is 502. The summed E-state index contributed by atoms with van der Waals surface area (Å²) in [6, 6.07) is 11.2. The molecule has 23 heavy (non-hydrogen) atoms. The Labute approximate surface area is 140 Å². The van der Waals surface area contributed by atoms with Crippen molar-refractivity contribution >= 4 is 5.91 Å². The fourth-order valence-electron chi connectivity index (χ4n) is 4.26. The van der Waals surface area contributed by atoms with E-state index in [4.69, 9.17) is 0 Å². The third kappa shape index (κ3) is 4.14. The summed E-state index contributed by atoms with van der Waals surface area (Å²) >= 11 is 0. The first kappa shape index (κ1) is 16.5. The Hall–Kier alpha value is -1.35. The van der Waals surface area contributed by atoms with Gasteiger partial charge >= 0.3 is 0 Å². The van der Waals surface area contributed by atoms with E-state index >= 15 is 0 Å². The van der Waals surface area contributed by atoms with E-state index in [1.54, 1.807) is 0 Å². The molecular formula is C20H30N2O. The molecule has 1 amide bonds. The quantitative estimate of drug-likeness (QED) is 0.831. The van der Waals surface area contributed by atoms with Gasteiger partial charge in [-0.1, -0.05) is 49.6 Å². The minimum absolute atomic E-state index is 0.210. The number of carbonyl (C=O) groups excluding carboxylic acids is 1. The van der Waals surface area contributed by atoms with Gasteiger partial charge in [0.2, 0.25) is 5.91 Å². The zero-order chi connectivity index (χ0) is 16.1. The van der Waals surface area contributed by atoms with Gasteiger partial charge in [0.1, 0.15) is 0 Å². The molecule has 1 aliphatic carbocycles. The molecule has 1 aliphatic heterocycles. The van der Waals surface area contributed by atoms with Gasteiger partial charge in [0, 0.05) is 26.2 Å². The van der Waals surface area contributed by atoms with Gasteiger partial charge in [-0.05, 0) is 37.8 Å². The molecule has 2 unspecified atom stereocenters. The number of fused-ring (bicyclic) bond motifs is 1. The van der Waals surface area contributed by atoms with Crippen LogP contribution in [0.3, 0.4) is 0 Å². The van der Waals surface area contributed by atoms with Crippen LogP contribution in [0.15, 0.2) is 30.3 Å². The Morgan fingerprint density at radius 3 is 2.48 bits per heavy atom. The molecule has 2 fully saturated rings. The Kier molecular flexibility index (Phi) is 5.71. The van der Waals surface area contributed by atoms with Gasteiger partial charge in [0.25, 0.3) is 0 Å². The summed E-state index contributed by atoms with van der Waals surface area (Å²) in [4.78, 5) is 17.5. The SMILES string of the molecule is CN1CCCCCCN(Cc2ccccc2)C2CCCC2C1=O. The van der Waals surface area contributed by atoms with Crippen LogP contribution in [0.4, 0.5) is 0 Å². The number of hydrogen-bond acceptors (Lipinski definition) is 2. The van der Waals surface area contributed by atoms with Crippen molar-refractivity contribution in [3.8, 4) is 0 Å². The largest absolute Gasteiger partial charge is 0.345 e. The van der Waals surface area contributed by atoms with Gasteiger partial charge in [-0.15, -0.1) is 0 Å². The van der Waals surface area contributed by atoms with Crippen molar-refractivity contribution in [1.29, 1.82) is 0 Å². The minimum Gasteiger partial charge on any atom is -0.345 e. The van der Waals surface area contributed by atoms with Gasteiger partial charge in [0.15, 0.2) is 0 Å². The molecule has 1 saturated heterocycles. The first-order valence-corrected chi connectivity index (χ1v) is 9.28. The molecule has 1 aromatic rings. The summed E-state index contributed by atoms with van der Waals surface area (Å²) in [6.45, 7) is 3.05. The van der Waals surface area contributed by atoms with E-state index in [2.05, 4.69) is 35.2 Å². The Balaban J connectivity index is 1.78. The van der Waals surface area contributed by atoms with E-state index in [-0.39, 0.29) is 5.92 Å². The zero-order valence-corrected chi connectivity index (χ0v) is 14.4. The molecule has 1 aromatic carbocycles. The van der Waals surface area contributed by atoms with Crippen LogP contribution in [0.1, 0.15) is 50.5 Å². The number of nitrogens with zero attached hydrogens (tertiary/aromatic N) is 2. The lowest BCUT2D eigenvalue weighted by Crippen LogP contribution is -2.44. The van der Waals surface area contributed by atoms with Gasteiger partial charge < -0.3 is 4.90 Å². The fraction of sp³-hybridized carbons (Fsp3) is 0.650. The third-order valence-electron chi connectivity index (χ3n) is 5.56. The lowest BCUT2D eigenvalue weighted by Gasteiger charge is -2.34. The highest BCUT2D eigenvalue weighted by Crippen LogP contribution is 2.33. The normalized spacial score (nSPS) is 27.5. The first-order chi connectivity index (χ1) is 11.3. The van der Waals surface area contributed by atoms with Crippen molar-refractivity contribution < 1.29 is 4.79 Å². The van der Waals surface area contributed by atoms with Crippen molar-refractivity contribution in [3.63, 3.8) is 0 Å². The fourth-order valence-corrected chi connectivity index (χ4v) is 4.26. The van der Waals surface area contributed by atoms with Gasteiger partial charge in [0.05, 0.1) is 5.92 Å². The van der Waals surface area contributed by atoms with Crippen molar-refractivity contribution in [2.75, 3.05) is 20.1 Å². The second-order valence-electron chi connectivity index (χ2n) is 7.23. The van der Waals surface area contributed by atoms with Gasteiger partial charge in [-0.25, -0.2) is 0 Å². The smallest absolute Gasteiger partial charge is 0.227 e. The van der Waals surface area contributed by atoms with Crippen LogP contribution in [0, 0.1) is 5.92 Å². The van der Waals surface area contributed by atoms with E-state index in [0.717, 1.165) is 32.5 Å². The lowest BCUT2D eigenvalue weighted by atomic mass is 9.99. The van der Waals surface area contributed by atoms with Crippen LogP contribution >= 0.6 is 0 Å². The number of benzene rings is 1. The van der Waals surface area contributed by atoms with Crippen molar-refractivity contribution in [2.45, 2.75) is 57.5 Å². The minimum atomic E-state index is 0.210. The van der Waals surface area contributed by atoms with E-state index in [9.17, 15) is 4.79 Å². The first-order valence-electron chi connectivity index (χ1n) is 9.28. The van der Waals surface area contributed by atoms with Crippen LogP contribution in [0.25, 0.3) is 0 Å². The summed E-state index contributed by atoms with van der Waals surface area (Å²) in [6.07, 6.45) is 8.37. The molecular weight excluding hydrogens is 284 g/mol. The van der Waals surface area contributed by atoms with E-state index in [1.165, 1.54) is 37.7 Å². The maximum atomic E-state index is 12.9. The van der Waals surface area contributed by atoms with Crippen LogP contribution in [0.2, 0.25) is 0 Å². The highest BCUT2D eigenvalue weighted by Gasteiger charge is 2.38. The van der Waals surface area contributed by atoms with Crippen LogP contribution in [-0.2, 0) is 11.3 Å². The zero-order valence-electron chi connectivity index (χ0n) is 14.4. The number of amides is 1. The molecule has 2 aliphatic rings. The average Bonchev–Trinajstić information content (AvgIpc) is 3.05. The topological polar surface area (TPSA) is 23.6 Å². The van der Waals surface area contributed by atoms with Crippen LogP contribution in [0.5, 0.6) is 0 Å². The molecule has 0 spiro atoms. The van der Waals surface area contributed by atoms with Crippen molar-refractivity contribution in [1.82, 2.24) is 9.80 Å². The molecule has 0 radical (unpaired) electrons. The molecule has 0 aromatic heterocycles. The second-order valence-corrected chi connectivity index (χ2v) is 7.23. The van der Waals surface area contributed by atoms with Crippen LogP contribution in [-0.4, -0.2) is 41.9 Å². The molecule has 126 valence electrons. The molecule has 1 heterocycles. The van der Waals surface area contributed by atoms with E-state index in [1.807, 2.05) is 11.9 Å². The molecule has 3 heteroatoms. The molecule has 0 bridgehead atoms. The molecule has 2 atom stereocenters. The van der Waals surface area contributed by atoms with Crippen molar-refractivity contribution in [2.24, 2.45) is 5.92 Å². The molecule has 1 saturated carbocycles. The lowest BCUT2D eigenvalue weighted by molar-refractivity contribution is -0.136. The third-order valence-corrected chi connectivity index (χ3v) is 5.56. The predicted octanol–water partition coefficient (Wildman–Crippen LogP) is 3.69. The number of carbonyl (C=O) groups is 1. The Morgan fingerprint density at radius 2 is 1.70 bits per heavy atom. The monoisotopic (exact) mass is 314 g/mol. The number of rotatable bonds is 2. The van der Waals surface area contributed by atoms with E-state index in [0.29, 0.717) is 11.9 Å². The molecule has 3 nitrogen and oxygen atoms in total. The number of hydrogen-bond donors (Lipinski definition) is 0. The molecule has 0 N–H and O–H groups in total. The summed E-state index contributed by atoms with van der Waals surface area (Å²) in [5.74, 6) is 0.592. The Morgan fingerprint density at radius 1 is 0.957 bits per heavy atom. The summed E-state index contributed by atoms with van der Waals surface area (Å²) < 4.78 is 0. The average molecular weight is 314 g/mol. The predicted molar refractivity (Wildman–Crippen MR) is 94.1 cm³/mol.